The number of aromatic nitrogens is 3. The van der Waals surface area contributed by atoms with Crippen molar-refractivity contribution in [3.8, 4) is 5.75 Å². The van der Waals surface area contributed by atoms with Gasteiger partial charge in [-0.3, -0.25) is 53.1 Å². The van der Waals surface area contributed by atoms with Crippen molar-refractivity contribution in [3.63, 3.8) is 0 Å². The Morgan fingerprint density at radius 2 is 0.939 bits per heavy atom. The van der Waals surface area contributed by atoms with Gasteiger partial charge in [0.1, 0.15) is 54.1 Å². The number of benzene rings is 4. The molecule has 6 rings (SSSR count). The number of phenolic OH excluding ortho intramolecular Hbond substituents is 1. The number of hydrogen-bond donors (Lipinski definition) is 18. The maximum Gasteiger partial charge on any atom is 0.243 e. The summed E-state index contributed by atoms with van der Waals surface area (Å²) >= 11 is 0. The summed E-state index contributed by atoms with van der Waals surface area (Å²) in [5.41, 5.74) is 43.7. The molecule has 526 valence electrons. The molecule has 4 aromatic carbocycles. The first kappa shape index (κ1) is 76.1. The Bertz CT molecular complexity index is 3620. The molecule has 0 aliphatic heterocycles. The summed E-state index contributed by atoms with van der Waals surface area (Å²) in [5.74, 6) is -7.98. The van der Waals surface area contributed by atoms with Crippen LogP contribution in [0.2, 0.25) is 0 Å². The maximum absolute atomic E-state index is 15.1. The molecule has 0 bridgehead atoms. The average Bonchev–Trinajstić information content (AvgIpc) is 1.57. The van der Waals surface area contributed by atoms with Crippen LogP contribution in [0.1, 0.15) is 93.2 Å². The Morgan fingerprint density at radius 1 is 0.490 bits per heavy atom. The van der Waals surface area contributed by atoms with E-state index in [0.29, 0.717) is 53.6 Å². The fraction of sp³-hybridized carbons (Fsp3) is 0.412. The normalized spacial score (nSPS) is 14.2. The SMILES string of the molecule is CC[C@H](C)[C@H](NC(=O)[C@@H](Cc1ccccc1)NC(=O)[C@@H](Cc1c[nH]c2ccccc12)NC(=O)[C@@H](N)CCCN=C(N)N)C(=O)N[C@H](Cc1ccccc1)C(=O)N[C@@H](Cc1cnc[nH]1)C(=O)N[C@@H](CCCCN)C(=O)N[C@@H](CCCN=C(N)N)C(=O)N[C@@H](Cc1ccc(O)cc1)C(N)=O. The molecular formula is C68H94N20O10. The molecule has 0 saturated heterocycles. The lowest BCUT2D eigenvalue weighted by atomic mass is 9.96. The van der Waals surface area contributed by atoms with Gasteiger partial charge in [-0.15, -0.1) is 0 Å². The number of carbonyl (C=O) groups excluding carboxylic acids is 9. The fourth-order valence-corrected chi connectivity index (χ4v) is 10.8. The van der Waals surface area contributed by atoms with Crippen molar-refractivity contribution in [3.05, 3.63) is 156 Å². The molecule has 0 unspecified atom stereocenters. The van der Waals surface area contributed by atoms with Crippen molar-refractivity contribution in [2.45, 2.75) is 152 Å². The Morgan fingerprint density at radius 3 is 1.47 bits per heavy atom. The van der Waals surface area contributed by atoms with Gasteiger partial charge in [0.15, 0.2) is 11.9 Å². The molecule has 98 heavy (non-hydrogen) atoms. The lowest BCUT2D eigenvalue weighted by molar-refractivity contribution is -0.136. The average molecular weight is 1350 g/mol. The second-order valence-electron chi connectivity index (χ2n) is 24.1. The quantitative estimate of drug-likeness (QED) is 0.0125. The molecule has 0 saturated carbocycles. The number of primary amides is 1. The van der Waals surface area contributed by atoms with Gasteiger partial charge >= 0.3 is 0 Å². The van der Waals surface area contributed by atoms with Gasteiger partial charge in [-0.05, 0) is 97.9 Å². The number of aromatic hydroxyl groups is 1. The van der Waals surface area contributed by atoms with E-state index in [0.717, 1.165) is 10.9 Å². The molecular weight excluding hydrogens is 1260 g/mol. The Kier molecular flexibility index (Phi) is 30.5. The third kappa shape index (κ3) is 25.0. The van der Waals surface area contributed by atoms with Crippen LogP contribution in [0.3, 0.4) is 0 Å². The number of aliphatic imine (C=N–C) groups is 2. The molecule has 30 heteroatoms. The van der Waals surface area contributed by atoms with E-state index in [1.54, 1.807) is 85.9 Å². The second kappa shape index (κ2) is 39.2. The number of rotatable bonds is 41. The van der Waals surface area contributed by atoms with Crippen LogP contribution in [0.15, 0.2) is 138 Å². The molecule has 6 aromatic rings. The van der Waals surface area contributed by atoms with Crippen molar-refractivity contribution in [2.75, 3.05) is 19.6 Å². The van der Waals surface area contributed by atoms with Crippen LogP contribution in [-0.2, 0) is 75.3 Å². The van der Waals surface area contributed by atoms with Gasteiger partial charge < -0.3 is 97.7 Å². The topological polar surface area (TPSA) is 521 Å². The first-order valence-corrected chi connectivity index (χ1v) is 32.7. The summed E-state index contributed by atoms with van der Waals surface area (Å²) in [7, 11) is 0. The first-order valence-electron chi connectivity index (χ1n) is 32.7. The van der Waals surface area contributed by atoms with Gasteiger partial charge in [0.2, 0.25) is 53.2 Å². The predicted molar refractivity (Wildman–Crippen MR) is 371 cm³/mol. The van der Waals surface area contributed by atoms with Crippen LogP contribution >= 0.6 is 0 Å². The van der Waals surface area contributed by atoms with E-state index in [1.165, 1.54) is 24.7 Å². The third-order valence-corrected chi connectivity index (χ3v) is 16.5. The van der Waals surface area contributed by atoms with Crippen LogP contribution in [0.25, 0.3) is 10.9 Å². The molecule has 10 atom stereocenters. The van der Waals surface area contributed by atoms with E-state index in [4.69, 9.17) is 40.1 Å². The minimum atomic E-state index is -1.46. The zero-order valence-electron chi connectivity index (χ0n) is 55.2. The van der Waals surface area contributed by atoms with Gasteiger partial charge in [-0.2, -0.15) is 0 Å². The molecule has 9 amide bonds. The van der Waals surface area contributed by atoms with E-state index in [-0.39, 0.29) is 95.1 Å². The number of phenols is 1. The molecule has 2 aromatic heterocycles. The number of fused-ring (bicyclic) bond motifs is 1. The second-order valence-corrected chi connectivity index (χ2v) is 24.1. The summed E-state index contributed by atoms with van der Waals surface area (Å²) in [6.07, 6.45) is 5.89. The van der Waals surface area contributed by atoms with E-state index in [9.17, 15) is 33.9 Å². The molecule has 0 aliphatic carbocycles. The van der Waals surface area contributed by atoms with E-state index < -0.39 is 113 Å². The number of amides is 9. The number of aromatic amines is 2. The molecule has 2 heterocycles. The Hall–Kier alpha value is -10.9. The number of unbranched alkanes of at least 4 members (excludes halogenated alkanes) is 1. The van der Waals surface area contributed by atoms with E-state index in [2.05, 4.69) is 67.5 Å². The summed E-state index contributed by atoms with van der Waals surface area (Å²) < 4.78 is 0. The number of carbonyl (C=O) groups is 9. The fourth-order valence-electron chi connectivity index (χ4n) is 10.8. The minimum Gasteiger partial charge on any atom is -0.508 e. The van der Waals surface area contributed by atoms with Crippen LogP contribution < -0.4 is 82.7 Å². The minimum absolute atomic E-state index is 0.0123. The van der Waals surface area contributed by atoms with Crippen LogP contribution in [0.4, 0.5) is 0 Å². The molecule has 0 aliphatic rings. The van der Waals surface area contributed by atoms with Crippen molar-refractivity contribution in [1.82, 2.24) is 57.5 Å². The first-order chi connectivity index (χ1) is 47.0. The number of H-pyrrole nitrogens is 2. The van der Waals surface area contributed by atoms with Gasteiger partial charge in [0, 0.05) is 74.2 Å². The zero-order valence-corrected chi connectivity index (χ0v) is 55.2. The van der Waals surface area contributed by atoms with E-state index >= 15 is 14.4 Å². The lowest BCUT2D eigenvalue weighted by Crippen LogP contribution is -2.62. The van der Waals surface area contributed by atoms with Gasteiger partial charge in [-0.25, -0.2) is 4.98 Å². The van der Waals surface area contributed by atoms with Gasteiger partial charge in [0.05, 0.1) is 12.4 Å². The Labute approximate surface area is 568 Å². The highest BCUT2D eigenvalue weighted by Crippen LogP contribution is 2.21. The van der Waals surface area contributed by atoms with Gasteiger partial charge in [0.25, 0.3) is 0 Å². The smallest absolute Gasteiger partial charge is 0.243 e. The van der Waals surface area contributed by atoms with Crippen molar-refractivity contribution in [1.29, 1.82) is 0 Å². The Balaban J connectivity index is 1.26. The molecule has 0 radical (unpaired) electrons. The highest BCUT2D eigenvalue weighted by Gasteiger charge is 2.37. The number of guanidine groups is 2. The number of nitrogens with one attached hydrogen (secondary N) is 10. The molecule has 25 N–H and O–H groups in total. The largest absolute Gasteiger partial charge is 0.508 e. The lowest BCUT2D eigenvalue weighted by Gasteiger charge is -2.30. The van der Waals surface area contributed by atoms with E-state index in [1.807, 2.05) is 31.2 Å². The van der Waals surface area contributed by atoms with Gasteiger partial charge in [-0.1, -0.05) is 111 Å². The predicted octanol–water partition coefficient (Wildman–Crippen LogP) is -0.917. The number of imidazole rings is 1. The monoisotopic (exact) mass is 1350 g/mol. The van der Waals surface area contributed by atoms with Crippen LogP contribution in [0.5, 0.6) is 5.75 Å². The summed E-state index contributed by atoms with van der Waals surface area (Å²) in [6.45, 7) is 4.07. The molecule has 30 nitrogen and oxygen atoms in total. The zero-order chi connectivity index (χ0) is 71.1. The number of hydrogen-bond acceptors (Lipinski definition) is 15. The third-order valence-electron chi connectivity index (χ3n) is 16.5. The van der Waals surface area contributed by atoms with Crippen LogP contribution in [-0.4, -0.2) is 159 Å². The number of para-hydroxylation sites is 1. The number of nitrogens with zero attached hydrogens (tertiary/aromatic N) is 3. The molecule has 0 spiro atoms. The van der Waals surface area contributed by atoms with Crippen LogP contribution in [0, 0.1) is 5.92 Å². The standard InChI is InChI=1S/C68H94N20O10/c1-3-40(2)57(88-65(97)54(34-42-18-8-5-9-19-42)85-63(95)55(35-44-37-79-49-22-11-10-20-47(44)49)84-59(91)48(70)21-14-30-77-67(72)73)66(98)87-53(33-41-16-6-4-7-17-41)62(94)86-56(36-45-38-76-39-80-45)64(96)82-50(23-12-13-29-69)60(92)81-51(24-15-31-78-68(74)75)61(93)83-52(58(71)90)32-43-25-27-46(89)28-26-43/h4-11,16-20,22,25-28,37-40,48,50-57,79,89H,3,12-15,21,23-24,29-36,69-70H2,1-2H3,(H2,71,90)(H,76,80)(H,81,92)(H,82,96)(H,83,93)(H,84,91)(H,85,95)(H,86,94)(H,87,98)(H,88,97)(H4,72,73,77)(H4,74,75,78)/t40-,48-,50-,51-,52-,53+,54+,55+,56-,57-/m0/s1. The van der Waals surface area contributed by atoms with Crippen molar-refractivity contribution >= 4 is 76.0 Å². The number of nitrogens with two attached hydrogens (primary N) is 7. The highest BCUT2D eigenvalue weighted by atomic mass is 16.3. The van der Waals surface area contributed by atoms with Crippen molar-refractivity contribution in [2.24, 2.45) is 56.0 Å². The highest BCUT2D eigenvalue weighted by molar-refractivity contribution is 5.99. The summed E-state index contributed by atoms with van der Waals surface area (Å²) in [6, 6.07) is 19.2. The summed E-state index contributed by atoms with van der Waals surface area (Å²) in [5, 5.41) is 33.0. The molecule has 0 fully saturated rings. The van der Waals surface area contributed by atoms with Crippen molar-refractivity contribution < 1.29 is 48.3 Å². The maximum atomic E-state index is 15.1. The summed E-state index contributed by atoms with van der Waals surface area (Å²) in [4.78, 5) is 148.